The first-order valence-corrected chi connectivity index (χ1v) is 6.73. The molecular formula is C15H15ClN2O3. The highest BCUT2D eigenvalue weighted by atomic mass is 35.5. The summed E-state index contributed by atoms with van der Waals surface area (Å²) >= 11 is 5.93. The molecule has 0 aliphatic carbocycles. The molecule has 0 heterocycles. The van der Waals surface area contributed by atoms with E-state index >= 15 is 0 Å². The number of aryl methyl sites for hydroxylation is 1. The summed E-state index contributed by atoms with van der Waals surface area (Å²) < 4.78 is 5.68. The molecule has 2 rings (SSSR count). The average molecular weight is 307 g/mol. The molecule has 0 aromatic heterocycles. The second-order valence-corrected chi connectivity index (χ2v) is 4.99. The van der Waals surface area contributed by atoms with Crippen molar-refractivity contribution in [3.05, 3.63) is 62.7 Å². The number of nitrogens with one attached hydrogen (secondary N) is 1. The monoisotopic (exact) mass is 306 g/mol. The van der Waals surface area contributed by atoms with E-state index < -0.39 is 4.92 Å². The number of ether oxygens (including phenoxy) is 1. The molecule has 0 fully saturated rings. The predicted octanol–water partition coefficient (Wildman–Crippen LogP) is 4.18. The lowest BCUT2D eigenvalue weighted by Gasteiger charge is -2.10. The summed E-state index contributed by atoms with van der Waals surface area (Å²) in [6, 6.07) is 10.3. The Morgan fingerprint density at radius 2 is 2.05 bits per heavy atom. The van der Waals surface area contributed by atoms with Gasteiger partial charge >= 0.3 is 0 Å². The molecule has 110 valence electrons. The van der Waals surface area contributed by atoms with E-state index in [9.17, 15) is 10.1 Å². The number of anilines is 1. The SMILES string of the molecule is CNc1ccc(COc2cc(Cl)ccc2C)cc1[N+](=O)[O-]. The van der Waals surface area contributed by atoms with Gasteiger partial charge in [0.2, 0.25) is 0 Å². The second kappa shape index (κ2) is 6.45. The summed E-state index contributed by atoms with van der Waals surface area (Å²) in [5.41, 5.74) is 2.19. The lowest BCUT2D eigenvalue weighted by Crippen LogP contribution is -2.01. The van der Waals surface area contributed by atoms with Crippen molar-refractivity contribution in [2.24, 2.45) is 0 Å². The third-order valence-corrected chi connectivity index (χ3v) is 3.31. The average Bonchev–Trinajstić information content (AvgIpc) is 2.47. The van der Waals surface area contributed by atoms with E-state index in [-0.39, 0.29) is 12.3 Å². The van der Waals surface area contributed by atoms with Crippen LogP contribution in [0.1, 0.15) is 11.1 Å². The molecule has 2 aromatic rings. The normalized spacial score (nSPS) is 10.2. The lowest BCUT2D eigenvalue weighted by molar-refractivity contribution is -0.384. The van der Waals surface area contributed by atoms with Crippen molar-refractivity contribution in [2.45, 2.75) is 13.5 Å². The smallest absolute Gasteiger partial charge is 0.292 e. The molecule has 0 aliphatic heterocycles. The van der Waals surface area contributed by atoms with Gasteiger partial charge in [0.1, 0.15) is 18.0 Å². The topological polar surface area (TPSA) is 64.4 Å². The molecule has 0 saturated carbocycles. The molecule has 0 saturated heterocycles. The Bertz CT molecular complexity index is 674. The molecule has 6 heteroatoms. The van der Waals surface area contributed by atoms with E-state index in [0.717, 1.165) is 11.1 Å². The van der Waals surface area contributed by atoms with Crippen LogP contribution >= 0.6 is 11.6 Å². The molecule has 1 N–H and O–H groups in total. The number of nitro benzene ring substituents is 1. The van der Waals surface area contributed by atoms with Crippen LogP contribution < -0.4 is 10.1 Å². The van der Waals surface area contributed by atoms with Crippen molar-refractivity contribution in [1.29, 1.82) is 0 Å². The summed E-state index contributed by atoms with van der Waals surface area (Å²) in [7, 11) is 1.65. The molecule has 0 radical (unpaired) electrons. The van der Waals surface area contributed by atoms with Crippen molar-refractivity contribution in [3.63, 3.8) is 0 Å². The van der Waals surface area contributed by atoms with Gasteiger partial charge in [-0.25, -0.2) is 0 Å². The van der Waals surface area contributed by atoms with Gasteiger partial charge in [-0.2, -0.15) is 0 Å². The summed E-state index contributed by atoms with van der Waals surface area (Å²) in [6.45, 7) is 2.16. The second-order valence-electron chi connectivity index (χ2n) is 4.56. The molecule has 2 aromatic carbocycles. The molecular weight excluding hydrogens is 292 g/mol. The van der Waals surface area contributed by atoms with Gasteiger partial charge in [-0.3, -0.25) is 10.1 Å². The summed E-state index contributed by atoms with van der Waals surface area (Å²) in [4.78, 5) is 10.6. The molecule has 5 nitrogen and oxygen atoms in total. The first-order chi connectivity index (χ1) is 10.0. The molecule has 0 amide bonds. The maximum Gasteiger partial charge on any atom is 0.292 e. The number of halogens is 1. The quantitative estimate of drug-likeness (QED) is 0.665. The van der Waals surface area contributed by atoms with Gasteiger partial charge < -0.3 is 10.1 Å². The zero-order chi connectivity index (χ0) is 15.4. The lowest BCUT2D eigenvalue weighted by atomic mass is 10.2. The third-order valence-electron chi connectivity index (χ3n) is 3.07. The highest BCUT2D eigenvalue weighted by Crippen LogP contribution is 2.27. The summed E-state index contributed by atoms with van der Waals surface area (Å²) in [5.74, 6) is 0.669. The van der Waals surface area contributed by atoms with Crippen molar-refractivity contribution in [1.82, 2.24) is 0 Å². The van der Waals surface area contributed by atoms with Crippen molar-refractivity contribution in [2.75, 3.05) is 12.4 Å². The van der Waals surface area contributed by atoms with Crippen LogP contribution in [0.2, 0.25) is 5.02 Å². The van der Waals surface area contributed by atoms with Crippen LogP contribution in [-0.4, -0.2) is 12.0 Å². The Morgan fingerprint density at radius 1 is 1.29 bits per heavy atom. The first kappa shape index (κ1) is 15.1. The van der Waals surface area contributed by atoms with E-state index in [1.165, 1.54) is 6.07 Å². The fourth-order valence-electron chi connectivity index (χ4n) is 1.92. The highest BCUT2D eigenvalue weighted by molar-refractivity contribution is 6.30. The van der Waals surface area contributed by atoms with Crippen LogP contribution in [0.3, 0.4) is 0 Å². The number of nitrogens with zero attached hydrogens (tertiary/aromatic N) is 1. The number of benzene rings is 2. The molecule has 0 bridgehead atoms. The zero-order valence-corrected chi connectivity index (χ0v) is 12.5. The van der Waals surface area contributed by atoms with Gasteiger partial charge in [0.15, 0.2) is 0 Å². The maximum atomic E-state index is 11.0. The molecule has 0 unspecified atom stereocenters. The van der Waals surface area contributed by atoms with Gasteiger partial charge in [-0.15, -0.1) is 0 Å². The molecule has 0 aliphatic rings. The van der Waals surface area contributed by atoms with Gasteiger partial charge in [0, 0.05) is 18.1 Å². The Morgan fingerprint density at radius 3 is 2.71 bits per heavy atom. The Balaban J connectivity index is 2.18. The van der Waals surface area contributed by atoms with Crippen LogP contribution in [0, 0.1) is 17.0 Å². The fourth-order valence-corrected chi connectivity index (χ4v) is 2.08. The minimum absolute atomic E-state index is 0.0291. The van der Waals surface area contributed by atoms with E-state index in [1.54, 1.807) is 31.3 Å². The molecule has 0 spiro atoms. The Hall–Kier alpha value is -2.27. The van der Waals surface area contributed by atoms with Crippen molar-refractivity contribution < 1.29 is 9.66 Å². The number of hydrogen-bond acceptors (Lipinski definition) is 4. The van der Waals surface area contributed by atoms with Crippen LogP contribution in [-0.2, 0) is 6.61 Å². The number of nitro groups is 1. The molecule has 0 atom stereocenters. The predicted molar refractivity (Wildman–Crippen MR) is 83.2 cm³/mol. The van der Waals surface area contributed by atoms with E-state index in [0.29, 0.717) is 16.5 Å². The minimum Gasteiger partial charge on any atom is -0.489 e. The van der Waals surface area contributed by atoms with Gasteiger partial charge in [-0.05, 0) is 36.2 Å². The fraction of sp³-hybridized carbons (Fsp3) is 0.200. The van der Waals surface area contributed by atoms with E-state index in [4.69, 9.17) is 16.3 Å². The van der Waals surface area contributed by atoms with Crippen molar-refractivity contribution >= 4 is 23.0 Å². The standard InChI is InChI=1S/C15H15ClN2O3/c1-10-3-5-12(16)8-15(10)21-9-11-4-6-13(17-2)14(7-11)18(19)20/h3-8,17H,9H2,1-2H3. The van der Waals surface area contributed by atoms with Gasteiger partial charge in [-0.1, -0.05) is 23.7 Å². The van der Waals surface area contributed by atoms with Crippen molar-refractivity contribution in [3.8, 4) is 5.75 Å². The molecule has 21 heavy (non-hydrogen) atoms. The van der Waals surface area contributed by atoms with Gasteiger partial charge in [0.25, 0.3) is 5.69 Å². The first-order valence-electron chi connectivity index (χ1n) is 6.35. The Labute approximate surface area is 127 Å². The number of hydrogen-bond donors (Lipinski definition) is 1. The van der Waals surface area contributed by atoms with Gasteiger partial charge in [0.05, 0.1) is 4.92 Å². The largest absolute Gasteiger partial charge is 0.489 e. The van der Waals surface area contributed by atoms with Crippen LogP contribution in [0.25, 0.3) is 0 Å². The zero-order valence-electron chi connectivity index (χ0n) is 11.7. The summed E-state index contributed by atoms with van der Waals surface area (Å²) in [6.07, 6.45) is 0. The highest BCUT2D eigenvalue weighted by Gasteiger charge is 2.13. The summed E-state index contributed by atoms with van der Waals surface area (Å²) in [5, 5.41) is 14.4. The van der Waals surface area contributed by atoms with E-state index in [2.05, 4.69) is 5.32 Å². The van der Waals surface area contributed by atoms with Crippen LogP contribution in [0.15, 0.2) is 36.4 Å². The maximum absolute atomic E-state index is 11.0. The van der Waals surface area contributed by atoms with E-state index in [1.807, 2.05) is 13.0 Å². The van der Waals surface area contributed by atoms with Crippen LogP contribution in [0.5, 0.6) is 5.75 Å². The number of rotatable bonds is 5. The van der Waals surface area contributed by atoms with Crippen LogP contribution in [0.4, 0.5) is 11.4 Å². The Kier molecular flexibility index (Phi) is 4.65. The third kappa shape index (κ3) is 3.64. The minimum atomic E-state index is -0.417.